The number of carbonyl (C=O) groups is 2. The Morgan fingerprint density at radius 2 is 1.34 bits per heavy atom. The van der Waals surface area contributed by atoms with E-state index in [9.17, 15) is 9.59 Å². The lowest BCUT2D eigenvalue weighted by atomic mass is 10.0. The third kappa shape index (κ3) is 8.40. The number of hydrogen-bond donors (Lipinski definition) is 1. The van der Waals surface area contributed by atoms with Crippen LogP contribution in [0.15, 0.2) is 84.9 Å². The summed E-state index contributed by atoms with van der Waals surface area (Å²) in [5.74, 6) is 0.230. The molecule has 0 aromatic heterocycles. The molecule has 3 aromatic carbocycles. The Kier molecular flexibility index (Phi) is 10.1. The minimum absolute atomic E-state index is 0.00551. The van der Waals surface area contributed by atoms with Crippen molar-refractivity contribution < 1.29 is 9.59 Å². The molecule has 184 valence electrons. The van der Waals surface area contributed by atoms with Crippen LogP contribution >= 0.6 is 0 Å². The predicted octanol–water partition coefficient (Wildman–Crippen LogP) is 5.59. The van der Waals surface area contributed by atoms with Crippen LogP contribution in [0.3, 0.4) is 0 Å². The van der Waals surface area contributed by atoms with Crippen LogP contribution in [-0.2, 0) is 35.4 Å². The molecule has 0 aliphatic rings. The van der Waals surface area contributed by atoms with Gasteiger partial charge in [-0.15, -0.1) is 0 Å². The average Bonchev–Trinajstić information content (AvgIpc) is 2.89. The van der Waals surface area contributed by atoms with Gasteiger partial charge in [-0.1, -0.05) is 106 Å². The Morgan fingerprint density at radius 3 is 1.91 bits per heavy atom. The molecule has 4 heteroatoms. The van der Waals surface area contributed by atoms with Crippen molar-refractivity contribution in [1.82, 2.24) is 10.2 Å². The van der Waals surface area contributed by atoms with Crippen molar-refractivity contribution in [3.05, 3.63) is 107 Å². The van der Waals surface area contributed by atoms with Gasteiger partial charge in [0, 0.05) is 25.9 Å². The molecule has 0 saturated carbocycles. The molecular formula is C31H38N2O2. The van der Waals surface area contributed by atoms with Crippen molar-refractivity contribution in [2.24, 2.45) is 5.92 Å². The summed E-state index contributed by atoms with van der Waals surface area (Å²) in [6.07, 6.45) is 2.49. The fraction of sp³-hybridized carbons (Fsp3) is 0.355. The third-order valence-corrected chi connectivity index (χ3v) is 6.21. The summed E-state index contributed by atoms with van der Waals surface area (Å²) in [5.41, 5.74) is 4.48. The van der Waals surface area contributed by atoms with Gasteiger partial charge in [0.1, 0.15) is 6.04 Å². The van der Waals surface area contributed by atoms with Gasteiger partial charge < -0.3 is 10.2 Å². The second kappa shape index (κ2) is 13.5. The van der Waals surface area contributed by atoms with Crippen molar-refractivity contribution in [1.29, 1.82) is 0 Å². The molecule has 1 N–H and O–H groups in total. The molecule has 0 saturated heterocycles. The van der Waals surface area contributed by atoms with E-state index in [1.807, 2.05) is 60.7 Å². The Morgan fingerprint density at radius 1 is 0.771 bits per heavy atom. The Bertz CT molecular complexity index is 1050. The number of hydrogen-bond acceptors (Lipinski definition) is 2. The molecule has 3 rings (SSSR count). The van der Waals surface area contributed by atoms with E-state index in [0.29, 0.717) is 38.3 Å². The van der Waals surface area contributed by atoms with E-state index in [1.165, 1.54) is 5.56 Å². The summed E-state index contributed by atoms with van der Waals surface area (Å²) in [6, 6.07) is 27.7. The van der Waals surface area contributed by atoms with E-state index < -0.39 is 6.04 Å². The highest BCUT2D eigenvalue weighted by Crippen LogP contribution is 2.17. The number of amides is 2. The first kappa shape index (κ1) is 26.2. The van der Waals surface area contributed by atoms with E-state index in [2.05, 4.69) is 50.4 Å². The van der Waals surface area contributed by atoms with E-state index in [4.69, 9.17) is 0 Å². The third-order valence-electron chi connectivity index (χ3n) is 6.21. The van der Waals surface area contributed by atoms with E-state index in [-0.39, 0.29) is 11.8 Å². The zero-order chi connectivity index (χ0) is 25.0. The second-order valence-electron chi connectivity index (χ2n) is 9.52. The van der Waals surface area contributed by atoms with Crippen molar-refractivity contribution in [2.75, 3.05) is 6.54 Å². The quantitative estimate of drug-likeness (QED) is 0.375. The number of nitrogens with one attached hydrogen (secondary N) is 1. The number of aryl methyl sites for hydroxylation is 2. The highest BCUT2D eigenvalue weighted by Gasteiger charge is 2.30. The summed E-state index contributed by atoms with van der Waals surface area (Å²) in [6.45, 7) is 7.27. The minimum Gasteiger partial charge on any atom is -0.354 e. The maximum Gasteiger partial charge on any atom is 0.243 e. The van der Waals surface area contributed by atoms with Gasteiger partial charge in [-0.25, -0.2) is 0 Å². The zero-order valence-corrected chi connectivity index (χ0v) is 21.2. The molecule has 3 aromatic rings. The molecule has 4 nitrogen and oxygen atoms in total. The second-order valence-corrected chi connectivity index (χ2v) is 9.52. The lowest BCUT2D eigenvalue weighted by Gasteiger charge is -2.32. The number of nitrogens with zero attached hydrogens (tertiary/aromatic N) is 1. The Labute approximate surface area is 210 Å². The van der Waals surface area contributed by atoms with Crippen LogP contribution in [0.5, 0.6) is 0 Å². The fourth-order valence-electron chi connectivity index (χ4n) is 4.09. The van der Waals surface area contributed by atoms with Crippen LogP contribution in [0.25, 0.3) is 0 Å². The zero-order valence-electron chi connectivity index (χ0n) is 21.2. The first-order valence-corrected chi connectivity index (χ1v) is 12.7. The number of carbonyl (C=O) groups excluding carboxylic acids is 2. The summed E-state index contributed by atoms with van der Waals surface area (Å²) in [4.78, 5) is 28.9. The molecule has 35 heavy (non-hydrogen) atoms. The molecule has 2 amide bonds. The van der Waals surface area contributed by atoms with E-state index >= 15 is 0 Å². The molecule has 0 spiro atoms. The molecular weight excluding hydrogens is 432 g/mol. The van der Waals surface area contributed by atoms with Crippen molar-refractivity contribution in [3.8, 4) is 0 Å². The van der Waals surface area contributed by atoms with E-state index in [1.54, 1.807) is 4.90 Å². The standard InChI is InChI=1S/C31H38N2O2/c1-4-25-15-17-26(18-16-25)19-20-30(34)33(23-28-13-9-6-10-14-28)29(31(35)32-22-24(2)3)21-27-11-7-5-8-12-27/h5-18,24,29H,4,19-23H2,1-3H3,(H,32,35). The summed E-state index contributed by atoms with van der Waals surface area (Å²) >= 11 is 0. The lowest BCUT2D eigenvalue weighted by Crippen LogP contribution is -2.51. The van der Waals surface area contributed by atoms with Crippen LogP contribution in [0.1, 0.15) is 49.4 Å². The fourth-order valence-corrected chi connectivity index (χ4v) is 4.09. The molecule has 0 heterocycles. The van der Waals surface area contributed by atoms with Gasteiger partial charge in [-0.2, -0.15) is 0 Å². The molecule has 0 aliphatic heterocycles. The van der Waals surface area contributed by atoms with Crippen LogP contribution < -0.4 is 5.32 Å². The predicted molar refractivity (Wildman–Crippen MR) is 143 cm³/mol. The van der Waals surface area contributed by atoms with Crippen LogP contribution in [-0.4, -0.2) is 29.3 Å². The maximum atomic E-state index is 13.7. The van der Waals surface area contributed by atoms with Gasteiger partial charge >= 0.3 is 0 Å². The van der Waals surface area contributed by atoms with Crippen LogP contribution in [0, 0.1) is 5.92 Å². The van der Waals surface area contributed by atoms with Crippen molar-refractivity contribution in [2.45, 2.75) is 59.0 Å². The highest BCUT2D eigenvalue weighted by atomic mass is 16.2. The van der Waals surface area contributed by atoms with Gasteiger partial charge in [0.2, 0.25) is 11.8 Å². The van der Waals surface area contributed by atoms with Gasteiger partial charge in [-0.3, -0.25) is 9.59 Å². The Hall–Kier alpha value is -3.40. The summed E-state index contributed by atoms with van der Waals surface area (Å²) in [7, 11) is 0. The minimum atomic E-state index is -0.577. The monoisotopic (exact) mass is 470 g/mol. The highest BCUT2D eigenvalue weighted by molar-refractivity contribution is 5.88. The van der Waals surface area contributed by atoms with Gasteiger partial charge in [0.25, 0.3) is 0 Å². The molecule has 0 aliphatic carbocycles. The van der Waals surface area contributed by atoms with Gasteiger partial charge in [0.05, 0.1) is 0 Å². The molecule has 0 radical (unpaired) electrons. The van der Waals surface area contributed by atoms with Crippen molar-refractivity contribution in [3.63, 3.8) is 0 Å². The number of benzene rings is 3. The Balaban J connectivity index is 1.85. The summed E-state index contributed by atoms with van der Waals surface area (Å²) < 4.78 is 0. The van der Waals surface area contributed by atoms with Gasteiger partial charge in [-0.05, 0) is 41.0 Å². The lowest BCUT2D eigenvalue weighted by molar-refractivity contribution is -0.141. The van der Waals surface area contributed by atoms with Crippen molar-refractivity contribution >= 4 is 11.8 Å². The average molecular weight is 471 g/mol. The van der Waals surface area contributed by atoms with Crippen LogP contribution in [0.2, 0.25) is 0 Å². The SMILES string of the molecule is CCc1ccc(CCC(=O)N(Cc2ccccc2)C(Cc2ccccc2)C(=O)NCC(C)C)cc1. The first-order valence-electron chi connectivity index (χ1n) is 12.7. The maximum absolute atomic E-state index is 13.7. The normalized spacial score (nSPS) is 11.8. The first-order chi connectivity index (χ1) is 17.0. The largest absolute Gasteiger partial charge is 0.354 e. The van der Waals surface area contributed by atoms with Crippen LogP contribution in [0.4, 0.5) is 0 Å². The summed E-state index contributed by atoms with van der Waals surface area (Å²) in [5, 5.41) is 3.08. The van der Waals surface area contributed by atoms with Gasteiger partial charge in [0.15, 0.2) is 0 Å². The smallest absolute Gasteiger partial charge is 0.243 e. The van der Waals surface area contributed by atoms with E-state index in [0.717, 1.165) is 23.1 Å². The number of rotatable bonds is 12. The molecule has 0 fully saturated rings. The molecule has 1 unspecified atom stereocenters. The topological polar surface area (TPSA) is 49.4 Å². The molecule has 0 bridgehead atoms. The molecule has 1 atom stereocenters.